The van der Waals surface area contributed by atoms with Crippen molar-refractivity contribution < 1.29 is 18.6 Å². The molecule has 0 saturated carbocycles. The van der Waals surface area contributed by atoms with E-state index < -0.39 is 21.6 Å². The standard InChI is InChI=1S/C22H30ClN5O2S.C11H16ClN3O2S/c1-14(2)19(13-29)24-21-20-18(8-11-31(20)30)25-22(26-21)28-10-9-27(12-15(28)3)17-6-4-16(23)5-7-17;1-6(2)8(5-16)13-10-9-7(3-4-18(9)17)14-11(12)15-10/h4-7,14-15,19,29H,8-13H2,1-3H3,(H,24,25,26);6,8,16H,3-5H2,1-2H3,(H,13,14,15)/t15-,19+,31?;8-,18?/m10/s1. The number of hydrogen-bond donors (Lipinski definition) is 4. The van der Waals surface area contributed by atoms with Crippen LogP contribution in [0.15, 0.2) is 34.1 Å². The number of piperazine rings is 1. The van der Waals surface area contributed by atoms with Gasteiger partial charge >= 0.3 is 0 Å². The van der Waals surface area contributed by atoms with Gasteiger partial charge in [-0.2, -0.15) is 9.97 Å². The monoisotopic (exact) mass is 752 g/mol. The fourth-order valence-corrected chi connectivity index (χ4v) is 8.95. The van der Waals surface area contributed by atoms with Crippen molar-refractivity contribution in [2.24, 2.45) is 11.8 Å². The largest absolute Gasteiger partial charge is 0.394 e. The lowest BCUT2D eigenvalue weighted by atomic mass is 10.1. The molecule has 5 atom stereocenters. The van der Waals surface area contributed by atoms with E-state index in [0.717, 1.165) is 41.7 Å². The first-order chi connectivity index (χ1) is 23.4. The number of nitrogens with one attached hydrogen (secondary N) is 2. The Morgan fingerprint density at radius 3 is 1.86 bits per heavy atom. The van der Waals surface area contributed by atoms with Crippen molar-refractivity contribution in [2.75, 3.05) is 64.8 Å². The number of halogens is 2. The molecule has 1 saturated heterocycles. The molecule has 0 spiro atoms. The molecule has 3 aliphatic heterocycles. The minimum atomic E-state index is -1.10. The summed E-state index contributed by atoms with van der Waals surface area (Å²) in [6.45, 7) is 12.7. The molecule has 4 N–H and O–H groups in total. The van der Waals surface area contributed by atoms with E-state index in [4.69, 9.17) is 33.2 Å². The summed E-state index contributed by atoms with van der Waals surface area (Å²) in [6.07, 6.45) is 1.35. The van der Waals surface area contributed by atoms with Gasteiger partial charge in [0.2, 0.25) is 11.2 Å². The van der Waals surface area contributed by atoms with Crippen LogP contribution in [-0.4, -0.2) is 101 Å². The molecule has 268 valence electrons. The van der Waals surface area contributed by atoms with Crippen LogP contribution < -0.4 is 20.4 Å². The van der Waals surface area contributed by atoms with Gasteiger partial charge in [0.05, 0.1) is 58.3 Å². The number of benzene rings is 1. The molecule has 2 aromatic heterocycles. The van der Waals surface area contributed by atoms with E-state index in [1.165, 1.54) is 0 Å². The van der Waals surface area contributed by atoms with Crippen LogP contribution >= 0.6 is 23.2 Å². The molecule has 0 aliphatic carbocycles. The molecule has 16 heteroatoms. The van der Waals surface area contributed by atoms with Gasteiger partial charge in [-0.1, -0.05) is 39.3 Å². The Morgan fingerprint density at radius 1 is 0.816 bits per heavy atom. The normalized spacial score (nSPS) is 21.2. The molecule has 5 heterocycles. The van der Waals surface area contributed by atoms with Gasteiger partial charge < -0.3 is 30.6 Å². The van der Waals surface area contributed by atoms with Crippen LogP contribution in [0.25, 0.3) is 0 Å². The Balaban J connectivity index is 0.000000221. The minimum Gasteiger partial charge on any atom is -0.394 e. The lowest BCUT2D eigenvalue weighted by Gasteiger charge is -2.41. The third kappa shape index (κ3) is 8.82. The maximum absolute atomic E-state index is 12.6. The van der Waals surface area contributed by atoms with Crippen LogP contribution in [0.3, 0.4) is 0 Å². The number of rotatable bonds is 10. The average Bonchev–Trinajstić information content (AvgIpc) is 3.64. The molecule has 12 nitrogen and oxygen atoms in total. The highest BCUT2D eigenvalue weighted by Crippen LogP contribution is 2.33. The lowest BCUT2D eigenvalue weighted by Crippen LogP contribution is -2.52. The second kappa shape index (κ2) is 16.6. The Bertz CT molecular complexity index is 1670. The molecule has 3 aliphatic rings. The molecule has 0 bridgehead atoms. The topological polar surface area (TPSA) is 157 Å². The van der Waals surface area contributed by atoms with E-state index >= 15 is 0 Å². The summed E-state index contributed by atoms with van der Waals surface area (Å²) in [5, 5.41) is 26.5. The zero-order chi connectivity index (χ0) is 35.4. The van der Waals surface area contributed by atoms with Crippen molar-refractivity contribution in [1.82, 2.24) is 19.9 Å². The summed E-state index contributed by atoms with van der Waals surface area (Å²) < 4.78 is 24.5. The van der Waals surface area contributed by atoms with Gasteiger partial charge in [-0.05, 0) is 54.6 Å². The molecular formula is C33H46Cl2N8O4S2. The average molecular weight is 754 g/mol. The summed E-state index contributed by atoms with van der Waals surface area (Å²) in [7, 11) is -2.18. The summed E-state index contributed by atoms with van der Waals surface area (Å²) in [6, 6.07) is 7.86. The minimum absolute atomic E-state index is 0.00538. The van der Waals surface area contributed by atoms with Gasteiger partial charge in [-0.15, -0.1) is 0 Å². The van der Waals surface area contributed by atoms with Crippen LogP contribution in [0.4, 0.5) is 23.3 Å². The van der Waals surface area contributed by atoms with E-state index in [0.29, 0.717) is 51.7 Å². The van der Waals surface area contributed by atoms with E-state index in [-0.39, 0.29) is 48.5 Å². The van der Waals surface area contributed by atoms with E-state index in [1.807, 2.05) is 39.8 Å². The second-order valence-electron chi connectivity index (χ2n) is 13.2. The van der Waals surface area contributed by atoms with Crippen LogP contribution in [0.2, 0.25) is 10.3 Å². The van der Waals surface area contributed by atoms with E-state index in [2.05, 4.69) is 49.5 Å². The maximum Gasteiger partial charge on any atom is 0.227 e. The summed E-state index contributed by atoms with van der Waals surface area (Å²) >= 11 is 11.9. The summed E-state index contributed by atoms with van der Waals surface area (Å²) in [5.41, 5.74) is 2.76. The summed E-state index contributed by atoms with van der Waals surface area (Å²) in [4.78, 5) is 23.7. The first-order valence-electron chi connectivity index (χ1n) is 16.7. The smallest absolute Gasteiger partial charge is 0.227 e. The molecule has 3 aromatic rings. The van der Waals surface area contributed by atoms with Gasteiger partial charge in [-0.3, -0.25) is 8.42 Å². The predicted molar refractivity (Wildman–Crippen MR) is 198 cm³/mol. The zero-order valence-corrected chi connectivity index (χ0v) is 31.7. The predicted octanol–water partition coefficient (Wildman–Crippen LogP) is 4.16. The second-order valence-corrected chi connectivity index (χ2v) is 17.0. The number of anilines is 4. The highest BCUT2D eigenvalue weighted by atomic mass is 35.5. The highest BCUT2D eigenvalue weighted by molar-refractivity contribution is 7.85. The van der Waals surface area contributed by atoms with Crippen molar-refractivity contribution in [1.29, 1.82) is 0 Å². The van der Waals surface area contributed by atoms with Crippen LogP contribution in [0.1, 0.15) is 46.0 Å². The van der Waals surface area contributed by atoms with Gasteiger partial charge in [-0.25, -0.2) is 9.97 Å². The Kier molecular flexibility index (Phi) is 12.7. The number of aryl methyl sites for hydroxylation is 2. The third-order valence-electron chi connectivity index (χ3n) is 9.06. The molecule has 1 aromatic carbocycles. The first kappa shape index (κ1) is 37.6. The number of nitrogens with zero attached hydrogens (tertiary/aromatic N) is 6. The number of fused-ring (bicyclic) bond motifs is 2. The highest BCUT2D eigenvalue weighted by Gasteiger charge is 2.32. The first-order valence-corrected chi connectivity index (χ1v) is 20.1. The van der Waals surface area contributed by atoms with Crippen LogP contribution in [0, 0.1) is 11.8 Å². The van der Waals surface area contributed by atoms with Gasteiger partial charge in [0.25, 0.3) is 0 Å². The molecule has 6 rings (SSSR count). The SMILES string of the molecule is CC(C)[C@H](CO)Nc1nc(Cl)nc2c1S(=O)CC2.CC(C)[C@H](CO)Nc1nc(N2CCN(c3ccc(Cl)cc3)C[C@H]2C)nc2c1S(=O)CC2. The fraction of sp³-hybridized carbons (Fsp3) is 0.576. The molecule has 2 unspecified atom stereocenters. The van der Waals surface area contributed by atoms with Crippen molar-refractivity contribution in [2.45, 2.75) is 75.4 Å². The van der Waals surface area contributed by atoms with Crippen molar-refractivity contribution >= 4 is 68.1 Å². The Hall–Kier alpha value is -2.62. The maximum atomic E-state index is 12.6. The number of aliphatic hydroxyl groups is 2. The van der Waals surface area contributed by atoms with Crippen molar-refractivity contribution in [3.63, 3.8) is 0 Å². The molecule has 1 fully saturated rings. The van der Waals surface area contributed by atoms with Crippen molar-refractivity contribution in [3.05, 3.63) is 46.0 Å². The van der Waals surface area contributed by atoms with Crippen molar-refractivity contribution in [3.8, 4) is 0 Å². The Morgan fingerprint density at radius 2 is 1.35 bits per heavy atom. The fourth-order valence-electron chi connectivity index (χ4n) is 6.01. The van der Waals surface area contributed by atoms with Gasteiger partial charge in [0.1, 0.15) is 21.4 Å². The summed E-state index contributed by atoms with van der Waals surface area (Å²) in [5.74, 6) is 3.36. The molecule has 0 amide bonds. The lowest BCUT2D eigenvalue weighted by molar-refractivity contribution is 0.248. The van der Waals surface area contributed by atoms with Gasteiger partial charge in [0.15, 0.2) is 0 Å². The molecular weight excluding hydrogens is 707 g/mol. The van der Waals surface area contributed by atoms with Crippen LogP contribution in [-0.2, 0) is 34.4 Å². The van der Waals surface area contributed by atoms with Gasteiger partial charge in [0, 0.05) is 60.7 Å². The Labute approximate surface area is 303 Å². The van der Waals surface area contributed by atoms with E-state index in [1.54, 1.807) is 0 Å². The van der Waals surface area contributed by atoms with E-state index in [9.17, 15) is 18.6 Å². The number of aromatic nitrogens is 4. The number of hydrogen-bond acceptors (Lipinski definition) is 12. The third-order valence-corrected chi connectivity index (χ3v) is 12.4. The molecule has 49 heavy (non-hydrogen) atoms. The molecule has 0 radical (unpaired) electrons. The number of aliphatic hydroxyl groups excluding tert-OH is 2. The van der Waals surface area contributed by atoms with Crippen LogP contribution in [0.5, 0.6) is 0 Å². The quantitative estimate of drug-likeness (QED) is 0.220. The zero-order valence-electron chi connectivity index (χ0n) is 28.5.